The summed E-state index contributed by atoms with van der Waals surface area (Å²) in [6, 6.07) is -0.369. The number of rotatable bonds is 7. The molecule has 0 aliphatic carbocycles. The maximum Gasteiger partial charge on any atom is 0.391 e. The van der Waals surface area contributed by atoms with Gasteiger partial charge in [0.05, 0.1) is 6.42 Å². The molecule has 1 aromatic rings. The number of nitrogens with one attached hydrogen (secondary N) is 1. The fourth-order valence-electron chi connectivity index (χ4n) is 1.97. The number of halogens is 3. The van der Waals surface area contributed by atoms with Crippen molar-refractivity contribution in [3.8, 4) is 0 Å². The summed E-state index contributed by atoms with van der Waals surface area (Å²) in [5.41, 5.74) is 0.477. The quantitative estimate of drug-likeness (QED) is 0.740. The van der Waals surface area contributed by atoms with Gasteiger partial charge in [-0.2, -0.15) is 13.2 Å². The van der Waals surface area contributed by atoms with Gasteiger partial charge in [0.15, 0.2) is 5.78 Å². The molecule has 1 amide bonds. The number of carbonyl (C=O) groups excluding carboxylic acids is 2. The molecule has 0 bridgehead atoms. The van der Waals surface area contributed by atoms with Gasteiger partial charge in [-0.05, 0) is 19.9 Å². The Labute approximate surface area is 134 Å². The van der Waals surface area contributed by atoms with Crippen LogP contribution in [0, 0.1) is 13.8 Å². The summed E-state index contributed by atoms with van der Waals surface area (Å²) in [5.74, 6) is -2.98. The van der Waals surface area contributed by atoms with Crippen LogP contribution in [0.15, 0.2) is 6.07 Å². The number of aryl methyl sites for hydroxylation is 2. The van der Waals surface area contributed by atoms with Gasteiger partial charge in [0.1, 0.15) is 6.04 Å². The van der Waals surface area contributed by atoms with E-state index in [0.717, 1.165) is 9.75 Å². The number of hydrogen-bond donors (Lipinski definition) is 2. The lowest BCUT2D eigenvalue weighted by molar-refractivity contribution is -0.160. The highest BCUT2D eigenvalue weighted by Crippen LogP contribution is 2.23. The second-order valence-corrected chi connectivity index (χ2v) is 6.49. The highest BCUT2D eigenvalue weighted by molar-refractivity contribution is 7.12. The Bertz CT molecular complexity index is 610. The first kappa shape index (κ1) is 19.1. The summed E-state index contributed by atoms with van der Waals surface area (Å²) in [4.78, 5) is 36.0. The molecule has 1 aromatic heterocycles. The maximum absolute atomic E-state index is 12.2. The van der Waals surface area contributed by atoms with Gasteiger partial charge in [-0.1, -0.05) is 0 Å². The highest BCUT2D eigenvalue weighted by atomic mass is 32.1. The Balaban J connectivity index is 2.57. The number of alkyl halides is 3. The van der Waals surface area contributed by atoms with E-state index in [1.807, 2.05) is 6.92 Å². The summed E-state index contributed by atoms with van der Waals surface area (Å²) >= 11 is 1.43. The number of aliphatic carboxylic acids is 1. The minimum Gasteiger partial charge on any atom is -0.480 e. The van der Waals surface area contributed by atoms with Crippen molar-refractivity contribution in [1.82, 2.24) is 5.32 Å². The van der Waals surface area contributed by atoms with Crippen molar-refractivity contribution in [2.75, 3.05) is 0 Å². The second-order valence-electron chi connectivity index (χ2n) is 5.03. The van der Waals surface area contributed by atoms with Gasteiger partial charge in [-0.15, -0.1) is 11.3 Å². The maximum atomic E-state index is 12.2. The molecular formula is C14H16F3NO4S. The molecule has 9 heteroatoms. The summed E-state index contributed by atoms with van der Waals surface area (Å²) in [6.45, 7) is 3.59. The van der Waals surface area contributed by atoms with Crippen molar-refractivity contribution >= 4 is 29.0 Å². The van der Waals surface area contributed by atoms with Crippen molar-refractivity contribution in [1.29, 1.82) is 0 Å². The lowest BCUT2D eigenvalue weighted by atomic mass is 10.1. The standard InChI is InChI=1S/C14H16F3NO4S/c1-7-5-9(8(2)23-7)11(19)3-4-12(20)18-10(13(21)22)6-14(15,16)17/h5,10H,3-4,6H2,1-2H3,(H,18,20)(H,21,22). The van der Waals surface area contributed by atoms with Gasteiger partial charge in [0.2, 0.25) is 5.91 Å². The van der Waals surface area contributed by atoms with Crippen LogP contribution >= 0.6 is 11.3 Å². The zero-order chi connectivity index (χ0) is 17.8. The van der Waals surface area contributed by atoms with Crippen LogP contribution in [0.4, 0.5) is 13.2 Å². The first-order chi connectivity index (χ1) is 10.5. The Morgan fingerprint density at radius 3 is 2.30 bits per heavy atom. The zero-order valence-electron chi connectivity index (χ0n) is 12.5. The van der Waals surface area contributed by atoms with Crippen LogP contribution in [0.3, 0.4) is 0 Å². The largest absolute Gasteiger partial charge is 0.480 e. The minimum atomic E-state index is -4.71. The van der Waals surface area contributed by atoms with Crippen LogP contribution in [-0.4, -0.2) is 35.0 Å². The number of thiophene rings is 1. The van der Waals surface area contributed by atoms with Crippen LogP contribution < -0.4 is 5.32 Å². The lowest BCUT2D eigenvalue weighted by Crippen LogP contribution is -2.43. The van der Waals surface area contributed by atoms with E-state index < -0.39 is 30.5 Å². The van der Waals surface area contributed by atoms with E-state index in [1.165, 1.54) is 11.3 Å². The van der Waals surface area contributed by atoms with E-state index in [0.29, 0.717) is 5.56 Å². The minimum absolute atomic E-state index is 0.193. The fourth-order valence-corrected chi connectivity index (χ4v) is 2.91. The Morgan fingerprint density at radius 2 is 1.87 bits per heavy atom. The Hall–Kier alpha value is -1.90. The van der Waals surface area contributed by atoms with E-state index in [2.05, 4.69) is 0 Å². The van der Waals surface area contributed by atoms with Crippen LogP contribution in [0.25, 0.3) is 0 Å². The number of hydrogen-bond acceptors (Lipinski definition) is 4. The molecule has 1 unspecified atom stereocenters. The van der Waals surface area contributed by atoms with Crippen LogP contribution in [0.5, 0.6) is 0 Å². The van der Waals surface area contributed by atoms with Gasteiger partial charge in [0.25, 0.3) is 0 Å². The van der Waals surface area contributed by atoms with Gasteiger partial charge in [-0.3, -0.25) is 9.59 Å². The summed E-state index contributed by atoms with van der Waals surface area (Å²) < 4.78 is 36.7. The smallest absolute Gasteiger partial charge is 0.391 e. The number of carboxylic acid groups (broad SMARTS) is 1. The number of amides is 1. The third-order valence-electron chi connectivity index (χ3n) is 2.99. The molecule has 1 atom stereocenters. The normalized spacial score (nSPS) is 12.7. The molecule has 0 fully saturated rings. The van der Waals surface area contributed by atoms with Crippen LogP contribution in [0.2, 0.25) is 0 Å². The van der Waals surface area contributed by atoms with Gasteiger partial charge >= 0.3 is 12.1 Å². The zero-order valence-corrected chi connectivity index (χ0v) is 13.3. The molecule has 0 radical (unpaired) electrons. The molecule has 0 aromatic carbocycles. The summed E-state index contributed by atoms with van der Waals surface area (Å²) in [7, 11) is 0. The summed E-state index contributed by atoms with van der Waals surface area (Å²) in [5, 5.41) is 10.5. The van der Waals surface area contributed by atoms with Crippen LogP contribution in [0.1, 0.15) is 39.4 Å². The molecule has 23 heavy (non-hydrogen) atoms. The molecule has 0 saturated heterocycles. The molecule has 0 aliphatic rings. The monoisotopic (exact) mass is 351 g/mol. The third kappa shape index (κ3) is 6.39. The fraction of sp³-hybridized carbons (Fsp3) is 0.500. The van der Waals surface area contributed by atoms with E-state index in [4.69, 9.17) is 5.11 Å². The Kier molecular flexibility index (Phi) is 6.31. The molecule has 0 spiro atoms. The molecule has 0 saturated carbocycles. The molecule has 2 N–H and O–H groups in total. The number of carbonyl (C=O) groups is 3. The number of Topliss-reactive ketones (excluding diaryl/α,β-unsaturated/α-hetero) is 1. The van der Waals surface area contributed by atoms with Crippen molar-refractivity contribution in [2.45, 2.75) is 45.3 Å². The average Bonchev–Trinajstić information content (AvgIpc) is 2.72. The van der Waals surface area contributed by atoms with Crippen LogP contribution in [-0.2, 0) is 9.59 Å². The first-order valence-corrected chi connectivity index (χ1v) is 7.50. The molecule has 0 aliphatic heterocycles. The van der Waals surface area contributed by atoms with Gasteiger partial charge in [-0.25, -0.2) is 4.79 Å². The molecule has 128 valence electrons. The molecule has 1 heterocycles. The molecule has 1 rings (SSSR count). The van der Waals surface area contributed by atoms with Crippen molar-refractivity contribution < 1.29 is 32.7 Å². The van der Waals surface area contributed by atoms with E-state index >= 15 is 0 Å². The number of carboxylic acids is 1. The third-order valence-corrected chi connectivity index (χ3v) is 3.96. The average molecular weight is 351 g/mol. The number of ketones is 1. The Morgan fingerprint density at radius 1 is 1.26 bits per heavy atom. The van der Waals surface area contributed by atoms with Crippen molar-refractivity contribution in [2.24, 2.45) is 0 Å². The van der Waals surface area contributed by atoms with E-state index in [-0.39, 0.29) is 18.6 Å². The predicted molar refractivity (Wildman–Crippen MR) is 77.6 cm³/mol. The van der Waals surface area contributed by atoms with Crippen molar-refractivity contribution in [3.63, 3.8) is 0 Å². The SMILES string of the molecule is Cc1cc(C(=O)CCC(=O)NC(CC(F)(F)F)C(=O)O)c(C)s1. The second kappa shape index (κ2) is 7.58. The molecular weight excluding hydrogens is 335 g/mol. The van der Waals surface area contributed by atoms with E-state index in [1.54, 1.807) is 18.3 Å². The van der Waals surface area contributed by atoms with Crippen molar-refractivity contribution in [3.05, 3.63) is 21.4 Å². The molecule has 5 nitrogen and oxygen atoms in total. The highest BCUT2D eigenvalue weighted by Gasteiger charge is 2.36. The van der Waals surface area contributed by atoms with Gasteiger partial charge < -0.3 is 10.4 Å². The summed E-state index contributed by atoms with van der Waals surface area (Å²) in [6.07, 6.45) is -6.93. The van der Waals surface area contributed by atoms with E-state index in [9.17, 15) is 27.6 Å². The van der Waals surface area contributed by atoms with Gasteiger partial charge in [0, 0.05) is 28.2 Å². The lowest BCUT2D eigenvalue weighted by Gasteiger charge is -2.16. The first-order valence-electron chi connectivity index (χ1n) is 6.68. The topological polar surface area (TPSA) is 83.5 Å². The predicted octanol–water partition coefficient (Wildman–Crippen LogP) is 2.85.